The summed E-state index contributed by atoms with van der Waals surface area (Å²) in [4.78, 5) is 18.7. The number of likely N-dealkylation sites (N-methyl/N-ethyl adjacent to an activating group) is 1. The van der Waals surface area contributed by atoms with Crippen LogP contribution in [0.5, 0.6) is 0 Å². The second-order valence-electron chi connectivity index (χ2n) is 5.49. The number of amides is 1. The zero-order chi connectivity index (χ0) is 17.9. The smallest absolute Gasteiger partial charge is 0.243 e. The summed E-state index contributed by atoms with van der Waals surface area (Å²) in [7, 11) is 3.43. The van der Waals surface area contributed by atoms with Crippen LogP contribution in [-0.4, -0.2) is 56.2 Å². The molecule has 0 radical (unpaired) electrons. The molecule has 0 aliphatic rings. The number of nitrogens with one attached hydrogen (secondary N) is 2. The molecule has 0 fully saturated rings. The Balaban J connectivity index is 0.00000576. The van der Waals surface area contributed by atoms with E-state index in [0.717, 1.165) is 27.8 Å². The number of guanidine groups is 1. The molecule has 1 rings (SSSR count). The fourth-order valence-electron chi connectivity index (χ4n) is 1.57. The summed E-state index contributed by atoms with van der Waals surface area (Å²) in [5.41, 5.74) is 0.999. The first-order chi connectivity index (χ1) is 11.4. The lowest BCUT2D eigenvalue weighted by Gasteiger charge is -2.13. The van der Waals surface area contributed by atoms with Crippen LogP contribution >= 0.6 is 47.3 Å². The predicted octanol–water partition coefficient (Wildman–Crippen LogP) is 3.25. The molecule has 0 heterocycles. The molecule has 0 aromatic heterocycles. The summed E-state index contributed by atoms with van der Waals surface area (Å²) in [6, 6.07) is 7.76. The fourth-order valence-corrected chi connectivity index (χ4v) is 2.46. The minimum Gasteiger partial charge on any atom is -0.356 e. The van der Waals surface area contributed by atoms with Crippen molar-refractivity contribution in [3.63, 3.8) is 0 Å². The average Bonchev–Trinajstić information content (AvgIpc) is 2.54. The number of rotatable bonds is 8. The summed E-state index contributed by atoms with van der Waals surface area (Å²) in [6.45, 7) is 7.25. The van der Waals surface area contributed by atoms with Crippen LogP contribution in [0.4, 0.5) is 0 Å². The molecule has 0 spiro atoms. The van der Waals surface area contributed by atoms with Crippen LogP contribution < -0.4 is 10.6 Å². The van der Waals surface area contributed by atoms with Crippen molar-refractivity contribution in [2.75, 3.05) is 39.5 Å². The maximum atomic E-state index is 11.7. The van der Waals surface area contributed by atoms with Crippen LogP contribution in [0.15, 0.2) is 46.3 Å². The maximum Gasteiger partial charge on any atom is 0.243 e. The maximum absolute atomic E-state index is 11.7. The Morgan fingerprint density at radius 3 is 2.48 bits per heavy atom. The molecular formula is C17H26ClIN4OS. The average molecular weight is 497 g/mol. The number of nitrogens with zero attached hydrogens (tertiary/aromatic N) is 2. The first kappa shape index (κ1) is 24.1. The Labute approximate surface area is 176 Å². The number of carbonyl (C=O) groups is 1. The molecule has 1 aromatic rings. The first-order valence-electron chi connectivity index (χ1n) is 7.63. The lowest BCUT2D eigenvalue weighted by molar-refractivity contribution is -0.127. The van der Waals surface area contributed by atoms with Crippen molar-refractivity contribution in [1.29, 1.82) is 0 Å². The van der Waals surface area contributed by atoms with Crippen molar-refractivity contribution in [2.45, 2.75) is 11.8 Å². The monoisotopic (exact) mass is 496 g/mol. The number of thioether (sulfide) groups is 1. The van der Waals surface area contributed by atoms with Crippen molar-refractivity contribution < 1.29 is 4.79 Å². The summed E-state index contributed by atoms with van der Waals surface area (Å²) >= 11 is 7.60. The Kier molecular flexibility index (Phi) is 12.8. The molecule has 140 valence electrons. The highest BCUT2D eigenvalue weighted by molar-refractivity contribution is 14.0. The van der Waals surface area contributed by atoms with Gasteiger partial charge >= 0.3 is 0 Å². The lowest BCUT2D eigenvalue weighted by Crippen LogP contribution is -2.40. The Bertz CT molecular complexity index is 579. The van der Waals surface area contributed by atoms with Gasteiger partial charge in [0.25, 0.3) is 0 Å². The number of benzene rings is 1. The van der Waals surface area contributed by atoms with E-state index in [1.54, 1.807) is 25.9 Å². The van der Waals surface area contributed by atoms with Gasteiger partial charge in [0.2, 0.25) is 5.91 Å². The van der Waals surface area contributed by atoms with Crippen molar-refractivity contribution in [3.8, 4) is 0 Å². The van der Waals surface area contributed by atoms with Crippen molar-refractivity contribution >= 4 is 59.2 Å². The third-order valence-corrected chi connectivity index (χ3v) is 4.17. The van der Waals surface area contributed by atoms with Gasteiger partial charge in [-0.1, -0.05) is 23.8 Å². The molecule has 0 aliphatic heterocycles. The van der Waals surface area contributed by atoms with Crippen LogP contribution in [-0.2, 0) is 4.79 Å². The van der Waals surface area contributed by atoms with Gasteiger partial charge in [0, 0.05) is 42.9 Å². The Morgan fingerprint density at radius 2 is 1.92 bits per heavy atom. The van der Waals surface area contributed by atoms with E-state index < -0.39 is 0 Å². The van der Waals surface area contributed by atoms with Gasteiger partial charge in [-0.3, -0.25) is 4.79 Å². The van der Waals surface area contributed by atoms with Gasteiger partial charge in [0.15, 0.2) is 5.96 Å². The summed E-state index contributed by atoms with van der Waals surface area (Å²) in [5.74, 6) is 1.45. The van der Waals surface area contributed by atoms with Gasteiger partial charge in [0.05, 0.1) is 0 Å². The number of carbonyl (C=O) groups excluding carboxylic acids is 1. The largest absolute Gasteiger partial charge is 0.356 e. The summed E-state index contributed by atoms with van der Waals surface area (Å²) in [6.07, 6.45) is 0. The molecule has 25 heavy (non-hydrogen) atoms. The van der Waals surface area contributed by atoms with Gasteiger partial charge in [0.1, 0.15) is 6.54 Å². The molecule has 1 aromatic carbocycles. The van der Waals surface area contributed by atoms with Crippen molar-refractivity contribution in [2.24, 2.45) is 4.99 Å². The van der Waals surface area contributed by atoms with Gasteiger partial charge in [-0.25, -0.2) is 4.99 Å². The highest BCUT2D eigenvalue weighted by Crippen LogP contribution is 2.19. The summed E-state index contributed by atoms with van der Waals surface area (Å²) in [5, 5.41) is 7.13. The van der Waals surface area contributed by atoms with Crippen LogP contribution in [0.1, 0.15) is 6.92 Å². The van der Waals surface area contributed by atoms with E-state index in [9.17, 15) is 4.79 Å². The highest BCUT2D eigenvalue weighted by Gasteiger charge is 2.04. The molecule has 8 heteroatoms. The first-order valence-corrected chi connectivity index (χ1v) is 9.00. The standard InChI is InChI=1S/C17H25ClN4OS.HI/c1-13(2)11-20-17(21-12-16(23)22(3)4)19-9-10-24-15-7-5-14(18)6-8-15;/h5-8H,1,9-12H2,2-4H3,(H2,19,20,21);1H. The minimum atomic E-state index is -0.0398. The molecule has 2 N–H and O–H groups in total. The molecule has 0 saturated heterocycles. The third kappa shape index (κ3) is 11.3. The summed E-state index contributed by atoms with van der Waals surface area (Å²) < 4.78 is 0. The van der Waals surface area contributed by atoms with Gasteiger partial charge in [-0.05, 0) is 31.2 Å². The molecule has 5 nitrogen and oxygen atoms in total. The second kappa shape index (κ2) is 13.3. The third-order valence-electron chi connectivity index (χ3n) is 2.91. The highest BCUT2D eigenvalue weighted by atomic mass is 127. The van der Waals surface area contributed by atoms with Crippen LogP contribution in [0.2, 0.25) is 5.02 Å². The molecule has 0 bridgehead atoms. The van der Waals surface area contributed by atoms with E-state index in [-0.39, 0.29) is 36.4 Å². The zero-order valence-electron chi connectivity index (χ0n) is 14.8. The Hall–Kier alpha value is -0.930. The molecular weight excluding hydrogens is 471 g/mol. The van der Waals surface area contributed by atoms with Crippen LogP contribution in [0, 0.1) is 0 Å². The second-order valence-corrected chi connectivity index (χ2v) is 7.10. The van der Waals surface area contributed by atoms with E-state index in [4.69, 9.17) is 11.6 Å². The fraction of sp³-hybridized carbons (Fsp3) is 0.412. The van der Waals surface area contributed by atoms with E-state index in [1.807, 2.05) is 31.2 Å². The number of halogens is 2. The molecule has 1 amide bonds. The van der Waals surface area contributed by atoms with Crippen molar-refractivity contribution in [3.05, 3.63) is 41.4 Å². The van der Waals surface area contributed by atoms with E-state index >= 15 is 0 Å². The van der Waals surface area contributed by atoms with Gasteiger partial charge in [-0.2, -0.15) is 0 Å². The van der Waals surface area contributed by atoms with Gasteiger partial charge in [-0.15, -0.1) is 35.7 Å². The molecule has 0 aliphatic carbocycles. The predicted molar refractivity (Wildman–Crippen MR) is 119 cm³/mol. The number of hydrogen-bond acceptors (Lipinski definition) is 3. The normalized spacial score (nSPS) is 10.6. The van der Waals surface area contributed by atoms with E-state index in [2.05, 4.69) is 22.2 Å². The minimum absolute atomic E-state index is 0. The van der Waals surface area contributed by atoms with Crippen LogP contribution in [0.3, 0.4) is 0 Å². The topological polar surface area (TPSA) is 56.7 Å². The molecule has 0 unspecified atom stereocenters. The number of hydrogen-bond donors (Lipinski definition) is 2. The van der Waals surface area contributed by atoms with Gasteiger partial charge < -0.3 is 15.5 Å². The lowest BCUT2D eigenvalue weighted by atomic mass is 10.3. The number of aliphatic imine (C=N–C) groups is 1. The van der Waals surface area contributed by atoms with Crippen LogP contribution in [0.25, 0.3) is 0 Å². The van der Waals surface area contributed by atoms with E-state index in [1.165, 1.54) is 4.90 Å². The molecule has 0 saturated carbocycles. The SMILES string of the molecule is C=C(C)CNC(=NCC(=O)N(C)C)NCCSc1ccc(Cl)cc1.I. The zero-order valence-corrected chi connectivity index (χ0v) is 18.7. The molecule has 0 atom stereocenters. The van der Waals surface area contributed by atoms with Crippen molar-refractivity contribution in [1.82, 2.24) is 15.5 Å². The Morgan fingerprint density at radius 1 is 1.28 bits per heavy atom. The quantitative estimate of drug-likeness (QED) is 0.145. The van der Waals surface area contributed by atoms with E-state index in [0.29, 0.717) is 12.5 Å².